The van der Waals surface area contributed by atoms with E-state index >= 15 is 0 Å². The molecule has 0 bridgehead atoms. The molecule has 2 heterocycles. The number of amides is 1. The predicted molar refractivity (Wildman–Crippen MR) is 121 cm³/mol. The molecular formula is C22H19FN4O4S. The minimum Gasteiger partial charge on any atom is -0.493 e. The van der Waals surface area contributed by atoms with E-state index in [2.05, 4.69) is 20.6 Å². The van der Waals surface area contributed by atoms with Gasteiger partial charge in [0.15, 0.2) is 16.6 Å². The molecule has 0 aliphatic rings. The van der Waals surface area contributed by atoms with Crippen LogP contribution in [0.15, 0.2) is 48.7 Å². The highest BCUT2D eigenvalue weighted by molar-refractivity contribution is 7.22. The Morgan fingerprint density at radius 1 is 1.03 bits per heavy atom. The SMILES string of the molecule is COc1cc(Nc2ncccc2C(=O)Nc2nc3ccc(F)cc3s2)cc(OC)c1OC. The number of nitrogens with one attached hydrogen (secondary N) is 2. The molecule has 2 N–H and O–H groups in total. The summed E-state index contributed by atoms with van der Waals surface area (Å²) in [7, 11) is 4.56. The lowest BCUT2D eigenvalue weighted by atomic mass is 10.2. The highest BCUT2D eigenvalue weighted by Crippen LogP contribution is 2.40. The number of hydrogen-bond donors (Lipinski definition) is 2. The molecule has 10 heteroatoms. The van der Waals surface area contributed by atoms with Crippen LogP contribution in [0.2, 0.25) is 0 Å². The molecule has 4 rings (SSSR count). The third-order valence-electron chi connectivity index (χ3n) is 4.55. The highest BCUT2D eigenvalue weighted by Gasteiger charge is 2.18. The van der Waals surface area contributed by atoms with E-state index < -0.39 is 5.91 Å². The highest BCUT2D eigenvalue weighted by atomic mass is 32.1. The van der Waals surface area contributed by atoms with Gasteiger partial charge in [-0.2, -0.15) is 0 Å². The first-order valence-corrected chi connectivity index (χ1v) is 10.2. The van der Waals surface area contributed by atoms with E-state index in [4.69, 9.17) is 14.2 Å². The Balaban J connectivity index is 1.62. The number of nitrogens with zero attached hydrogens (tertiary/aromatic N) is 2. The second kappa shape index (κ2) is 9.06. The molecule has 0 saturated heterocycles. The van der Waals surface area contributed by atoms with Gasteiger partial charge in [0.05, 0.1) is 37.1 Å². The van der Waals surface area contributed by atoms with E-state index in [-0.39, 0.29) is 5.82 Å². The van der Waals surface area contributed by atoms with Crippen molar-refractivity contribution in [2.24, 2.45) is 0 Å². The van der Waals surface area contributed by atoms with E-state index in [1.165, 1.54) is 44.8 Å². The predicted octanol–water partition coefficient (Wildman–Crippen LogP) is 4.85. The summed E-state index contributed by atoms with van der Waals surface area (Å²) in [5.74, 6) is 0.921. The van der Waals surface area contributed by atoms with Crippen molar-refractivity contribution in [3.8, 4) is 17.2 Å². The quantitative estimate of drug-likeness (QED) is 0.412. The number of carbonyl (C=O) groups excluding carboxylic acids is 1. The average Bonchev–Trinajstić information content (AvgIpc) is 3.19. The van der Waals surface area contributed by atoms with Gasteiger partial charge in [-0.3, -0.25) is 10.1 Å². The van der Waals surface area contributed by atoms with Crippen LogP contribution in [0, 0.1) is 5.82 Å². The van der Waals surface area contributed by atoms with Crippen LogP contribution in [0.1, 0.15) is 10.4 Å². The second-order valence-electron chi connectivity index (χ2n) is 6.52. The number of aromatic nitrogens is 2. The molecule has 0 aliphatic heterocycles. The Hall–Kier alpha value is -3.92. The molecule has 0 fully saturated rings. The van der Waals surface area contributed by atoms with Crippen LogP contribution in [-0.2, 0) is 0 Å². The number of halogens is 1. The van der Waals surface area contributed by atoms with E-state index in [0.29, 0.717) is 49.7 Å². The maximum Gasteiger partial charge on any atom is 0.261 e. The number of ether oxygens (including phenoxy) is 3. The fraction of sp³-hybridized carbons (Fsp3) is 0.136. The van der Waals surface area contributed by atoms with Gasteiger partial charge < -0.3 is 19.5 Å². The smallest absolute Gasteiger partial charge is 0.261 e. The zero-order chi connectivity index (χ0) is 22.7. The van der Waals surface area contributed by atoms with Crippen LogP contribution in [0.25, 0.3) is 10.2 Å². The summed E-state index contributed by atoms with van der Waals surface area (Å²) in [6.45, 7) is 0. The van der Waals surface area contributed by atoms with Crippen LogP contribution in [0.5, 0.6) is 17.2 Å². The molecule has 8 nitrogen and oxygen atoms in total. The Morgan fingerprint density at radius 3 is 2.47 bits per heavy atom. The Morgan fingerprint density at radius 2 is 1.78 bits per heavy atom. The van der Waals surface area contributed by atoms with Gasteiger partial charge in [0.25, 0.3) is 5.91 Å². The third kappa shape index (κ3) is 4.26. The number of thiazole rings is 1. The molecular weight excluding hydrogens is 435 g/mol. The normalized spacial score (nSPS) is 10.6. The van der Waals surface area contributed by atoms with Gasteiger partial charge in [0.2, 0.25) is 5.75 Å². The second-order valence-corrected chi connectivity index (χ2v) is 7.55. The molecule has 164 valence electrons. The summed E-state index contributed by atoms with van der Waals surface area (Å²) in [5, 5.41) is 6.23. The van der Waals surface area contributed by atoms with Gasteiger partial charge in [-0.1, -0.05) is 11.3 Å². The third-order valence-corrected chi connectivity index (χ3v) is 5.48. The van der Waals surface area contributed by atoms with E-state index in [1.54, 1.807) is 36.5 Å². The molecule has 0 radical (unpaired) electrons. The van der Waals surface area contributed by atoms with Crippen LogP contribution in [0.3, 0.4) is 0 Å². The maximum absolute atomic E-state index is 13.4. The van der Waals surface area contributed by atoms with Crippen molar-refractivity contribution in [1.82, 2.24) is 9.97 Å². The number of rotatable bonds is 7. The maximum atomic E-state index is 13.4. The first-order valence-electron chi connectivity index (χ1n) is 9.42. The van der Waals surface area contributed by atoms with Gasteiger partial charge >= 0.3 is 0 Å². The Labute approximate surface area is 187 Å². The van der Waals surface area contributed by atoms with Crippen LogP contribution in [-0.4, -0.2) is 37.2 Å². The topological polar surface area (TPSA) is 94.6 Å². The number of pyridine rings is 1. The average molecular weight is 454 g/mol. The number of benzene rings is 2. The van der Waals surface area contributed by atoms with Crippen LogP contribution < -0.4 is 24.8 Å². The van der Waals surface area contributed by atoms with Crippen molar-refractivity contribution >= 4 is 44.1 Å². The minimum absolute atomic E-state index is 0.298. The zero-order valence-electron chi connectivity index (χ0n) is 17.4. The van der Waals surface area contributed by atoms with Crippen molar-refractivity contribution in [1.29, 1.82) is 0 Å². The molecule has 2 aromatic carbocycles. The van der Waals surface area contributed by atoms with Crippen molar-refractivity contribution in [2.75, 3.05) is 32.0 Å². The fourth-order valence-corrected chi connectivity index (χ4v) is 3.98. The van der Waals surface area contributed by atoms with Gasteiger partial charge in [-0.15, -0.1) is 0 Å². The number of methoxy groups -OCH3 is 3. The monoisotopic (exact) mass is 454 g/mol. The molecule has 4 aromatic rings. The minimum atomic E-state index is -0.410. The number of fused-ring (bicyclic) bond motifs is 1. The van der Waals surface area contributed by atoms with Crippen molar-refractivity contribution < 1.29 is 23.4 Å². The first kappa shape index (κ1) is 21.3. The Kier molecular flexibility index (Phi) is 6.04. The summed E-state index contributed by atoms with van der Waals surface area (Å²) >= 11 is 1.19. The largest absolute Gasteiger partial charge is 0.493 e. The first-order chi connectivity index (χ1) is 15.5. The van der Waals surface area contributed by atoms with E-state index in [1.807, 2.05) is 0 Å². The molecule has 0 spiro atoms. The summed E-state index contributed by atoms with van der Waals surface area (Å²) in [5.41, 5.74) is 1.49. The molecule has 0 aliphatic carbocycles. The summed E-state index contributed by atoms with van der Waals surface area (Å²) in [6.07, 6.45) is 1.57. The zero-order valence-corrected chi connectivity index (χ0v) is 18.2. The standard InChI is InChI=1S/C22H19FN4O4S/c1-29-16-10-13(11-17(30-2)19(16)31-3)25-20-14(5-4-8-24-20)21(28)27-22-26-15-7-6-12(23)9-18(15)32-22/h4-11H,1-3H3,(H,24,25)(H,26,27,28). The number of carbonyl (C=O) groups is 1. The summed E-state index contributed by atoms with van der Waals surface area (Å²) in [6, 6.07) is 11.0. The molecule has 32 heavy (non-hydrogen) atoms. The van der Waals surface area contributed by atoms with Crippen LogP contribution in [0.4, 0.5) is 21.0 Å². The number of hydrogen-bond acceptors (Lipinski definition) is 8. The lowest BCUT2D eigenvalue weighted by Crippen LogP contribution is -2.14. The molecule has 1 amide bonds. The lowest BCUT2D eigenvalue weighted by Gasteiger charge is -2.16. The van der Waals surface area contributed by atoms with E-state index in [0.717, 1.165) is 0 Å². The summed E-state index contributed by atoms with van der Waals surface area (Å²) < 4.78 is 30.2. The van der Waals surface area contributed by atoms with Gasteiger partial charge in [-0.25, -0.2) is 14.4 Å². The lowest BCUT2D eigenvalue weighted by molar-refractivity contribution is 0.102. The van der Waals surface area contributed by atoms with Crippen molar-refractivity contribution in [3.05, 3.63) is 60.0 Å². The Bertz CT molecular complexity index is 1270. The molecule has 0 atom stereocenters. The number of anilines is 3. The fourth-order valence-electron chi connectivity index (χ4n) is 3.09. The summed E-state index contributed by atoms with van der Waals surface area (Å²) in [4.78, 5) is 21.6. The van der Waals surface area contributed by atoms with Crippen molar-refractivity contribution in [2.45, 2.75) is 0 Å². The van der Waals surface area contributed by atoms with Crippen molar-refractivity contribution in [3.63, 3.8) is 0 Å². The molecule has 0 unspecified atom stereocenters. The van der Waals surface area contributed by atoms with Crippen LogP contribution >= 0.6 is 11.3 Å². The van der Waals surface area contributed by atoms with Gasteiger partial charge in [0, 0.05) is 24.0 Å². The van der Waals surface area contributed by atoms with E-state index in [9.17, 15) is 9.18 Å². The molecule has 2 aromatic heterocycles. The van der Waals surface area contributed by atoms with Gasteiger partial charge in [0.1, 0.15) is 11.6 Å². The van der Waals surface area contributed by atoms with Gasteiger partial charge in [-0.05, 0) is 30.3 Å². The molecule has 0 saturated carbocycles.